The fraction of sp³-hybridized carbons (Fsp3) is 0.600. The van der Waals surface area contributed by atoms with Gasteiger partial charge in [0.25, 0.3) is 0 Å². The molecular formula is C10H15ClN4. The van der Waals surface area contributed by atoms with Crippen LogP contribution in [0.1, 0.15) is 19.0 Å². The van der Waals surface area contributed by atoms with Crippen LogP contribution < -0.4 is 5.32 Å². The molecule has 1 aromatic rings. The molecule has 1 atom stereocenters. The molecule has 0 aromatic carbocycles. The SMILES string of the molecule is CCCNC(C#N)Cn1ncc(Cl)c1C. The highest BCUT2D eigenvalue weighted by molar-refractivity contribution is 6.31. The van der Waals surface area contributed by atoms with E-state index in [9.17, 15) is 0 Å². The average molecular weight is 227 g/mol. The van der Waals surface area contributed by atoms with Crippen LogP contribution in [0.4, 0.5) is 0 Å². The number of hydrogen-bond acceptors (Lipinski definition) is 3. The van der Waals surface area contributed by atoms with Gasteiger partial charge in [0.2, 0.25) is 0 Å². The Morgan fingerprint density at radius 1 is 1.73 bits per heavy atom. The molecule has 5 heteroatoms. The van der Waals surface area contributed by atoms with Crippen LogP contribution in [0.15, 0.2) is 6.20 Å². The lowest BCUT2D eigenvalue weighted by atomic mass is 10.3. The number of halogens is 1. The molecule has 0 aliphatic carbocycles. The van der Waals surface area contributed by atoms with Crippen molar-refractivity contribution in [2.24, 2.45) is 0 Å². The molecule has 0 spiro atoms. The summed E-state index contributed by atoms with van der Waals surface area (Å²) in [5.74, 6) is 0. The van der Waals surface area contributed by atoms with Crippen LogP contribution in [-0.4, -0.2) is 22.4 Å². The molecule has 0 aliphatic rings. The summed E-state index contributed by atoms with van der Waals surface area (Å²) >= 11 is 5.87. The van der Waals surface area contributed by atoms with Crippen LogP contribution in [0.25, 0.3) is 0 Å². The van der Waals surface area contributed by atoms with E-state index in [0.717, 1.165) is 18.7 Å². The molecule has 0 saturated heterocycles. The first-order chi connectivity index (χ1) is 7.19. The minimum absolute atomic E-state index is 0.209. The summed E-state index contributed by atoms with van der Waals surface area (Å²) in [6.07, 6.45) is 2.61. The van der Waals surface area contributed by atoms with Crippen LogP contribution in [0.2, 0.25) is 5.02 Å². The summed E-state index contributed by atoms with van der Waals surface area (Å²) in [7, 11) is 0. The van der Waals surface area contributed by atoms with Gasteiger partial charge < -0.3 is 5.32 Å². The minimum atomic E-state index is -0.209. The topological polar surface area (TPSA) is 53.6 Å². The van der Waals surface area contributed by atoms with Crippen molar-refractivity contribution in [3.63, 3.8) is 0 Å². The summed E-state index contributed by atoms with van der Waals surface area (Å²) in [5, 5.41) is 16.8. The van der Waals surface area contributed by atoms with E-state index < -0.39 is 0 Å². The third kappa shape index (κ3) is 3.22. The molecule has 1 unspecified atom stereocenters. The van der Waals surface area contributed by atoms with Crippen molar-refractivity contribution in [1.29, 1.82) is 5.26 Å². The molecule has 1 heterocycles. The van der Waals surface area contributed by atoms with E-state index in [4.69, 9.17) is 16.9 Å². The van der Waals surface area contributed by atoms with Crippen LogP contribution in [-0.2, 0) is 6.54 Å². The van der Waals surface area contributed by atoms with Gasteiger partial charge in [0, 0.05) is 0 Å². The molecule has 0 bridgehead atoms. The summed E-state index contributed by atoms with van der Waals surface area (Å²) in [4.78, 5) is 0. The smallest absolute Gasteiger partial charge is 0.115 e. The lowest BCUT2D eigenvalue weighted by Crippen LogP contribution is -2.33. The van der Waals surface area contributed by atoms with Crippen LogP contribution in [0.3, 0.4) is 0 Å². The molecule has 1 rings (SSSR count). The first kappa shape index (κ1) is 12.0. The Morgan fingerprint density at radius 3 is 2.93 bits per heavy atom. The standard InChI is InChI=1S/C10H15ClN4/c1-3-4-13-9(5-12)7-15-8(2)10(11)6-14-15/h6,9,13H,3-4,7H2,1-2H3. The molecule has 1 N–H and O–H groups in total. The minimum Gasteiger partial charge on any atom is -0.300 e. The van der Waals surface area contributed by atoms with Gasteiger partial charge in [-0.05, 0) is 19.9 Å². The molecular weight excluding hydrogens is 212 g/mol. The van der Waals surface area contributed by atoms with Gasteiger partial charge >= 0.3 is 0 Å². The molecule has 0 aliphatic heterocycles. The maximum absolute atomic E-state index is 8.93. The Morgan fingerprint density at radius 2 is 2.47 bits per heavy atom. The molecule has 4 nitrogen and oxygen atoms in total. The fourth-order valence-electron chi connectivity index (χ4n) is 1.25. The van der Waals surface area contributed by atoms with Crippen molar-refractivity contribution in [2.45, 2.75) is 32.9 Å². The van der Waals surface area contributed by atoms with Gasteiger partial charge in [-0.3, -0.25) is 4.68 Å². The second-order valence-electron chi connectivity index (χ2n) is 3.40. The van der Waals surface area contributed by atoms with E-state index in [1.807, 2.05) is 6.92 Å². The zero-order chi connectivity index (χ0) is 11.3. The third-order valence-electron chi connectivity index (χ3n) is 2.20. The number of nitrogens with zero attached hydrogens (tertiary/aromatic N) is 3. The molecule has 0 saturated carbocycles. The zero-order valence-electron chi connectivity index (χ0n) is 9.00. The molecule has 15 heavy (non-hydrogen) atoms. The highest BCUT2D eigenvalue weighted by Crippen LogP contribution is 2.13. The van der Waals surface area contributed by atoms with Gasteiger partial charge in [0.15, 0.2) is 0 Å². The number of nitrogens with one attached hydrogen (secondary N) is 1. The Labute approximate surface area is 94.8 Å². The normalized spacial score (nSPS) is 12.4. The number of nitriles is 1. The van der Waals surface area contributed by atoms with E-state index in [2.05, 4.69) is 23.4 Å². The molecule has 0 radical (unpaired) electrons. The summed E-state index contributed by atoms with van der Waals surface area (Å²) in [6, 6.07) is 2.00. The van der Waals surface area contributed by atoms with Gasteiger partial charge in [0.05, 0.1) is 29.5 Å². The monoisotopic (exact) mass is 226 g/mol. The summed E-state index contributed by atoms with van der Waals surface area (Å²) in [5.41, 5.74) is 0.898. The second-order valence-corrected chi connectivity index (χ2v) is 3.80. The Hall–Kier alpha value is -1.05. The van der Waals surface area contributed by atoms with Crippen molar-refractivity contribution in [1.82, 2.24) is 15.1 Å². The summed E-state index contributed by atoms with van der Waals surface area (Å²) in [6.45, 7) is 5.34. The van der Waals surface area contributed by atoms with Gasteiger partial charge in [-0.15, -0.1) is 0 Å². The molecule has 0 amide bonds. The largest absolute Gasteiger partial charge is 0.300 e. The molecule has 82 valence electrons. The van der Waals surface area contributed by atoms with Crippen LogP contribution in [0, 0.1) is 18.3 Å². The summed E-state index contributed by atoms with van der Waals surface area (Å²) < 4.78 is 1.75. The Kier molecular flexibility index (Phi) is 4.60. The highest BCUT2D eigenvalue weighted by atomic mass is 35.5. The fourth-order valence-corrected chi connectivity index (χ4v) is 1.39. The lowest BCUT2D eigenvalue weighted by Gasteiger charge is -2.11. The van der Waals surface area contributed by atoms with Crippen LogP contribution in [0.5, 0.6) is 0 Å². The predicted octanol–water partition coefficient (Wildman–Crippen LogP) is 1.74. The van der Waals surface area contributed by atoms with Gasteiger partial charge in [-0.1, -0.05) is 18.5 Å². The quantitative estimate of drug-likeness (QED) is 0.832. The first-order valence-electron chi connectivity index (χ1n) is 5.00. The van der Waals surface area contributed by atoms with E-state index >= 15 is 0 Å². The zero-order valence-corrected chi connectivity index (χ0v) is 9.75. The van der Waals surface area contributed by atoms with Gasteiger partial charge in [-0.2, -0.15) is 10.4 Å². The number of rotatable bonds is 5. The van der Waals surface area contributed by atoms with Crippen molar-refractivity contribution >= 4 is 11.6 Å². The average Bonchev–Trinajstić information content (AvgIpc) is 2.55. The Balaban J connectivity index is 2.59. The van der Waals surface area contributed by atoms with Crippen molar-refractivity contribution in [3.05, 3.63) is 16.9 Å². The van der Waals surface area contributed by atoms with E-state index in [1.165, 1.54) is 0 Å². The maximum Gasteiger partial charge on any atom is 0.115 e. The van der Waals surface area contributed by atoms with Crippen molar-refractivity contribution in [3.8, 4) is 6.07 Å². The van der Waals surface area contributed by atoms with Crippen molar-refractivity contribution in [2.75, 3.05) is 6.54 Å². The van der Waals surface area contributed by atoms with Crippen molar-refractivity contribution < 1.29 is 0 Å². The second kappa shape index (κ2) is 5.74. The molecule has 0 fully saturated rings. The molecule has 1 aromatic heterocycles. The predicted molar refractivity (Wildman–Crippen MR) is 59.7 cm³/mol. The maximum atomic E-state index is 8.93. The van der Waals surface area contributed by atoms with E-state index in [0.29, 0.717) is 11.6 Å². The van der Waals surface area contributed by atoms with Gasteiger partial charge in [-0.25, -0.2) is 0 Å². The first-order valence-corrected chi connectivity index (χ1v) is 5.37. The third-order valence-corrected chi connectivity index (χ3v) is 2.57. The van der Waals surface area contributed by atoms with Crippen LogP contribution >= 0.6 is 11.6 Å². The number of hydrogen-bond donors (Lipinski definition) is 1. The van der Waals surface area contributed by atoms with E-state index in [-0.39, 0.29) is 6.04 Å². The number of aromatic nitrogens is 2. The lowest BCUT2D eigenvalue weighted by molar-refractivity contribution is 0.484. The highest BCUT2D eigenvalue weighted by Gasteiger charge is 2.10. The Bertz CT molecular complexity index is 353. The van der Waals surface area contributed by atoms with E-state index in [1.54, 1.807) is 10.9 Å². The van der Waals surface area contributed by atoms with Gasteiger partial charge in [0.1, 0.15) is 6.04 Å².